The van der Waals surface area contributed by atoms with Crippen molar-refractivity contribution in [3.63, 3.8) is 0 Å². The van der Waals surface area contributed by atoms with Gasteiger partial charge >= 0.3 is 0 Å². The summed E-state index contributed by atoms with van der Waals surface area (Å²) in [5.41, 5.74) is 6.69. The van der Waals surface area contributed by atoms with Gasteiger partial charge in [0.25, 0.3) is 0 Å². The van der Waals surface area contributed by atoms with Crippen LogP contribution in [-0.4, -0.2) is 4.98 Å². The molecule has 2 nitrogen and oxygen atoms in total. The Morgan fingerprint density at radius 3 is 2.00 bits per heavy atom. The number of benzene rings is 3. The van der Waals surface area contributed by atoms with E-state index in [1.807, 2.05) is 24.3 Å². The molecular formula is C24H20N2. The topological polar surface area (TPSA) is 24.9 Å². The van der Waals surface area contributed by atoms with E-state index >= 15 is 0 Å². The second-order valence-electron chi connectivity index (χ2n) is 6.15. The summed E-state index contributed by atoms with van der Waals surface area (Å²) in [4.78, 5) is 4.80. The van der Waals surface area contributed by atoms with Gasteiger partial charge in [0.15, 0.2) is 0 Å². The molecule has 0 aliphatic heterocycles. The lowest BCUT2D eigenvalue weighted by Crippen LogP contribution is -2.03. The predicted molar refractivity (Wildman–Crippen MR) is 109 cm³/mol. The fourth-order valence-corrected chi connectivity index (χ4v) is 3.04. The molecule has 0 atom stereocenters. The van der Waals surface area contributed by atoms with Crippen LogP contribution in [0.3, 0.4) is 0 Å². The van der Waals surface area contributed by atoms with Crippen molar-refractivity contribution in [3.8, 4) is 22.4 Å². The van der Waals surface area contributed by atoms with Crippen LogP contribution in [0.15, 0.2) is 103 Å². The van der Waals surface area contributed by atoms with Crippen LogP contribution in [0.25, 0.3) is 22.4 Å². The Morgan fingerprint density at radius 1 is 0.577 bits per heavy atom. The fraction of sp³-hybridized carbons (Fsp3) is 0.0417. The maximum Gasteiger partial charge on any atom is 0.0706 e. The van der Waals surface area contributed by atoms with E-state index < -0.39 is 0 Å². The number of nitrogens with zero attached hydrogens (tertiary/aromatic N) is 1. The Labute approximate surface area is 154 Å². The number of anilines is 1. The molecule has 1 heterocycles. The minimum atomic E-state index is 0.685. The summed E-state index contributed by atoms with van der Waals surface area (Å²) in [5, 5.41) is 3.54. The molecule has 1 aromatic heterocycles. The number of rotatable bonds is 5. The first-order valence-corrected chi connectivity index (χ1v) is 8.80. The fourth-order valence-electron chi connectivity index (χ4n) is 3.04. The zero-order valence-corrected chi connectivity index (χ0v) is 14.5. The number of hydrogen-bond acceptors (Lipinski definition) is 2. The molecule has 0 unspecified atom stereocenters. The van der Waals surface area contributed by atoms with E-state index in [4.69, 9.17) is 4.98 Å². The Hall–Kier alpha value is -3.39. The van der Waals surface area contributed by atoms with Crippen LogP contribution in [0.2, 0.25) is 0 Å². The minimum absolute atomic E-state index is 0.685. The Bertz CT molecular complexity index is 979. The predicted octanol–water partition coefficient (Wildman–Crippen LogP) is 6.03. The SMILES string of the molecule is c1ccc(-c2cccc(CNc3ccccc3-c3ccccc3)n2)cc1. The molecule has 0 fully saturated rings. The van der Waals surface area contributed by atoms with Crippen LogP contribution in [-0.2, 0) is 6.54 Å². The molecule has 0 saturated carbocycles. The van der Waals surface area contributed by atoms with Gasteiger partial charge in [-0.15, -0.1) is 0 Å². The second kappa shape index (κ2) is 7.66. The summed E-state index contributed by atoms with van der Waals surface area (Å²) in [6.07, 6.45) is 0. The van der Waals surface area contributed by atoms with Gasteiger partial charge in [0.05, 0.1) is 17.9 Å². The molecular weight excluding hydrogens is 316 g/mol. The maximum atomic E-state index is 4.80. The summed E-state index contributed by atoms with van der Waals surface area (Å²) < 4.78 is 0. The summed E-state index contributed by atoms with van der Waals surface area (Å²) in [7, 11) is 0. The van der Waals surface area contributed by atoms with Crippen LogP contribution in [0.5, 0.6) is 0 Å². The molecule has 3 aromatic carbocycles. The van der Waals surface area contributed by atoms with Crippen molar-refractivity contribution in [1.82, 2.24) is 4.98 Å². The zero-order valence-electron chi connectivity index (χ0n) is 14.5. The normalized spacial score (nSPS) is 10.5. The maximum absolute atomic E-state index is 4.80. The van der Waals surface area contributed by atoms with Gasteiger partial charge in [-0.2, -0.15) is 0 Å². The third-order valence-electron chi connectivity index (χ3n) is 4.35. The van der Waals surface area contributed by atoms with Gasteiger partial charge in [0.2, 0.25) is 0 Å². The first-order chi connectivity index (χ1) is 12.9. The van der Waals surface area contributed by atoms with Crippen molar-refractivity contribution in [1.29, 1.82) is 0 Å². The van der Waals surface area contributed by atoms with Crippen molar-refractivity contribution >= 4 is 5.69 Å². The lowest BCUT2D eigenvalue weighted by atomic mass is 10.0. The van der Waals surface area contributed by atoms with Crippen molar-refractivity contribution < 1.29 is 0 Å². The molecule has 26 heavy (non-hydrogen) atoms. The van der Waals surface area contributed by atoms with Crippen molar-refractivity contribution in [2.24, 2.45) is 0 Å². The highest BCUT2D eigenvalue weighted by molar-refractivity contribution is 5.77. The monoisotopic (exact) mass is 336 g/mol. The third-order valence-corrected chi connectivity index (χ3v) is 4.35. The molecule has 126 valence electrons. The van der Waals surface area contributed by atoms with Crippen molar-refractivity contribution in [2.45, 2.75) is 6.54 Å². The minimum Gasteiger partial charge on any atom is -0.379 e. The molecule has 0 aliphatic rings. The second-order valence-corrected chi connectivity index (χ2v) is 6.15. The molecule has 0 amide bonds. The average molecular weight is 336 g/mol. The van der Waals surface area contributed by atoms with Crippen LogP contribution in [0.4, 0.5) is 5.69 Å². The molecule has 0 bridgehead atoms. The van der Waals surface area contributed by atoms with Crippen LogP contribution in [0, 0.1) is 0 Å². The molecule has 1 N–H and O–H groups in total. The standard InChI is InChI=1S/C24H20N2/c1-3-10-19(11-4-1)22-15-7-8-16-24(22)25-18-21-14-9-17-23(26-21)20-12-5-2-6-13-20/h1-17,25H,18H2. The molecule has 2 heteroatoms. The van der Waals surface area contributed by atoms with Gasteiger partial charge in [-0.25, -0.2) is 0 Å². The Balaban J connectivity index is 1.56. The van der Waals surface area contributed by atoms with E-state index in [-0.39, 0.29) is 0 Å². The van der Waals surface area contributed by atoms with Gasteiger partial charge < -0.3 is 5.32 Å². The van der Waals surface area contributed by atoms with E-state index in [2.05, 4.69) is 84.2 Å². The van der Waals surface area contributed by atoms with E-state index in [1.54, 1.807) is 0 Å². The van der Waals surface area contributed by atoms with Crippen molar-refractivity contribution in [3.05, 3.63) is 109 Å². The lowest BCUT2D eigenvalue weighted by Gasteiger charge is -2.12. The van der Waals surface area contributed by atoms with Crippen LogP contribution < -0.4 is 5.32 Å². The lowest BCUT2D eigenvalue weighted by molar-refractivity contribution is 1.05. The highest BCUT2D eigenvalue weighted by atomic mass is 14.9. The molecule has 0 aliphatic carbocycles. The zero-order chi connectivity index (χ0) is 17.6. The number of nitrogens with one attached hydrogen (secondary N) is 1. The van der Waals surface area contributed by atoms with E-state index in [1.165, 1.54) is 11.1 Å². The summed E-state index contributed by atoms with van der Waals surface area (Å²) in [5.74, 6) is 0. The third kappa shape index (κ3) is 3.65. The molecule has 4 aromatic rings. The van der Waals surface area contributed by atoms with Crippen LogP contribution >= 0.6 is 0 Å². The Kier molecular flexibility index (Phi) is 4.74. The highest BCUT2D eigenvalue weighted by Gasteiger charge is 2.05. The summed E-state index contributed by atoms with van der Waals surface area (Å²) in [6.45, 7) is 0.685. The first kappa shape index (κ1) is 16.1. The van der Waals surface area contributed by atoms with Gasteiger partial charge in [-0.1, -0.05) is 84.9 Å². The van der Waals surface area contributed by atoms with E-state index in [0.29, 0.717) is 6.54 Å². The number of aromatic nitrogens is 1. The van der Waals surface area contributed by atoms with E-state index in [9.17, 15) is 0 Å². The average Bonchev–Trinajstić information content (AvgIpc) is 2.74. The number of pyridine rings is 1. The summed E-state index contributed by atoms with van der Waals surface area (Å²) in [6, 6.07) is 35.3. The number of hydrogen-bond donors (Lipinski definition) is 1. The smallest absolute Gasteiger partial charge is 0.0706 e. The van der Waals surface area contributed by atoms with Crippen molar-refractivity contribution in [2.75, 3.05) is 5.32 Å². The molecule has 0 radical (unpaired) electrons. The molecule has 0 spiro atoms. The Morgan fingerprint density at radius 2 is 1.23 bits per heavy atom. The molecule has 0 saturated heterocycles. The van der Waals surface area contributed by atoms with Crippen LogP contribution in [0.1, 0.15) is 5.69 Å². The number of para-hydroxylation sites is 1. The summed E-state index contributed by atoms with van der Waals surface area (Å²) >= 11 is 0. The molecule has 4 rings (SSSR count). The highest BCUT2D eigenvalue weighted by Crippen LogP contribution is 2.28. The van der Waals surface area contributed by atoms with Gasteiger partial charge in [-0.3, -0.25) is 4.98 Å². The largest absolute Gasteiger partial charge is 0.379 e. The van der Waals surface area contributed by atoms with Gasteiger partial charge in [0, 0.05) is 16.8 Å². The van der Waals surface area contributed by atoms with Gasteiger partial charge in [-0.05, 0) is 23.8 Å². The quantitative estimate of drug-likeness (QED) is 0.481. The van der Waals surface area contributed by atoms with Gasteiger partial charge in [0.1, 0.15) is 0 Å². The first-order valence-electron chi connectivity index (χ1n) is 8.80. The van der Waals surface area contributed by atoms with E-state index in [0.717, 1.165) is 22.6 Å².